The fourth-order valence-corrected chi connectivity index (χ4v) is 3.47. The average Bonchev–Trinajstić information content (AvgIpc) is 2.83. The second-order valence-electron chi connectivity index (χ2n) is 5.86. The maximum atomic E-state index is 12.4. The van der Waals surface area contributed by atoms with Crippen LogP contribution in [-0.2, 0) is 23.1 Å². The van der Waals surface area contributed by atoms with Crippen molar-refractivity contribution in [2.75, 3.05) is 18.8 Å². The van der Waals surface area contributed by atoms with Gasteiger partial charge in [-0.3, -0.25) is 9.59 Å². The number of aromatic nitrogens is 3. The fraction of sp³-hybridized carbons (Fsp3) is 0.733. The number of carbonyl (C=O) groups excluding carboxylic acids is 2. The second-order valence-corrected chi connectivity index (χ2v) is 6.80. The summed E-state index contributed by atoms with van der Waals surface area (Å²) >= 11 is 1.40. The Labute approximate surface area is 141 Å². The maximum Gasteiger partial charge on any atom is 0.233 e. The predicted molar refractivity (Wildman–Crippen MR) is 88.9 cm³/mol. The first-order valence-corrected chi connectivity index (χ1v) is 9.13. The largest absolute Gasteiger partial charge is 0.370 e. The van der Waals surface area contributed by atoms with Crippen LogP contribution < -0.4 is 5.73 Å². The monoisotopic (exact) mass is 339 g/mol. The molecule has 1 saturated heterocycles. The first-order chi connectivity index (χ1) is 11.1. The van der Waals surface area contributed by atoms with Crippen LogP contribution in [0.5, 0.6) is 0 Å². The molecule has 0 unspecified atom stereocenters. The highest BCUT2D eigenvalue weighted by atomic mass is 32.2. The molecular formula is C15H25N5O2S. The van der Waals surface area contributed by atoms with Crippen molar-refractivity contribution in [1.29, 1.82) is 0 Å². The molecule has 0 radical (unpaired) electrons. The molecule has 0 atom stereocenters. The number of primary amides is 1. The van der Waals surface area contributed by atoms with Crippen LogP contribution in [0.3, 0.4) is 0 Å². The Kier molecular flexibility index (Phi) is 6.88. The normalized spacial score (nSPS) is 16.0. The Morgan fingerprint density at radius 1 is 1.13 bits per heavy atom. The summed E-state index contributed by atoms with van der Waals surface area (Å²) in [6.45, 7) is 1.73. The summed E-state index contributed by atoms with van der Waals surface area (Å²) in [5.74, 6) is 0.903. The summed E-state index contributed by atoms with van der Waals surface area (Å²) in [4.78, 5) is 25.2. The summed E-state index contributed by atoms with van der Waals surface area (Å²) in [6.07, 6.45) is 6.62. The van der Waals surface area contributed by atoms with E-state index in [0.29, 0.717) is 23.2 Å². The number of nitrogens with two attached hydrogens (primary N) is 1. The molecule has 7 nitrogen and oxygen atoms in total. The van der Waals surface area contributed by atoms with Gasteiger partial charge in [-0.1, -0.05) is 31.0 Å². The summed E-state index contributed by atoms with van der Waals surface area (Å²) in [6, 6.07) is 0. The first kappa shape index (κ1) is 17.8. The van der Waals surface area contributed by atoms with Crippen molar-refractivity contribution < 1.29 is 9.59 Å². The Morgan fingerprint density at radius 3 is 2.43 bits per heavy atom. The number of likely N-dealkylation sites (tertiary alicyclic amines) is 1. The molecule has 1 aliphatic heterocycles. The Morgan fingerprint density at radius 2 is 1.78 bits per heavy atom. The molecule has 2 N–H and O–H groups in total. The standard InChI is InChI=1S/C15H25N5O2S/c1-19-13(8-7-12(16)21)17-18-15(19)23-11-14(22)20-9-5-3-2-4-6-10-20/h2-11H2,1H3,(H2,16,21). The number of hydrogen-bond donors (Lipinski definition) is 1. The Bertz CT molecular complexity index is 538. The van der Waals surface area contributed by atoms with Crippen molar-refractivity contribution in [3.63, 3.8) is 0 Å². The van der Waals surface area contributed by atoms with E-state index in [4.69, 9.17) is 5.73 Å². The molecule has 2 rings (SSSR count). The molecule has 8 heteroatoms. The van der Waals surface area contributed by atoms with Gasteiger partial charge in [-0.25, -0.2) is 0 Å². The van der Waals surface area contributed by atoms with Gasteiger partial charge >= 0.3 is 0 Å². The van der Waals surface area contributed by atoms with E-state index in [1.54, 1.807) is 0 Å². The quantitative estimate of drug-likeness (QED) is 0.784. The van der Waals surface area contributed by atoms with Crippen molar-refractivity contribution >= 4 is 23.6 Å². The van der Waals surface area contributed by atoms with Crippen LogP contribution in [0.15, 0.2) is 5.16 Å². The third-order valence-corrected chi connectivity index (χ3v) is 5.06. The molecule has 128 valence electrons. The average molecular weight is 339 g/mol. The summed E-state index contributed by atoms with van der Waals surface area (Å²) in [5.41, 5.74) is 5.15. The lowest BCUT2D eigenvalue weighted by atomic mass is 10.1. The zero-order chi connectivity index (χ0) is 16.7. The van der Waals surface area contributed by atoms with Gasteiger partial charge in [0.15, 0.2) is 5.16 Å². The van der Waals surface area contributed by atoms with E-state index in [2.05, 4.69) is 10.2 Å². The van der Waals surface area contributed by atoms with E-state index in [1.807, 2.05) is 16.5 Å². The lowest BCUT2D eigenvalue weighted by molar-refractivity contribution is -0.128. The molecule has 23 heavy (non-hydrogen) atoms. The molecule has 0 bridgehead atoms. The number of carbonyl (C=O) groups is 2. The first-order valence-electron chi connectivity index (χ1n) is 8.15. The van der Waals surface area contributed by atoms with E-state index >= 15 is 0 Å². The highest BCUT2D eigenvalue weighted by Gasteiger charge is 2.17. The van der Waals surface area contributed by atoms with Crippen molar-refractivity contribution in [1.82, 2.24) is 19.7 Å². The van der Waals surface area contributed by atoms with Gasteiger partial charge in [-0.15, -0.1) is 10.2 Å². The lowest BCUT2D eigenvalue weighted by Crippen LogP contribution is -2.35. The molecule has 0 aromatic carbocycles. The third kappa shape index (κ3) is 5.53. The molecule has 0 saturated carbocycles. The number of hydrogen-bond acceptors (Lipinski definition) is 5. The zero-order valence-corrected chi connectivity index (χ0v) is 14.5. The van der Waals surface area contributed by atoms with Crippen molar-refractivity contribution in [3.8, 4) is 0 Å². The fourth-order valence-electron chi connectivity index (χ4n) is 2.64. The van der Waals surface area contributed by atoms with E-state index in [1.165, 1.54) is 31.0 Å². The van der Waals surface area contributed by atoms with Crippen LogP contribution in [0.2, 0.25) is 0 Å². The maximum absolute atomic E-state index is 12.4. The third-order valence-electron chi connectivity index (χ3n) is 4.05. The minimum Gasteiger partial charge on any atom is -0.370 e. The topological polar surface area (TPSA) is 94.1 Å². The number of aryl methyl sites for hydroxylation is 1. The van der Waals surface area contributed by atoms with E-state index in [0.717, 1.165) is 25.9 Å². The van der Waals surface area contributed by atoms with E-state index in [-0.39, 0.29) is 18.2 Å². The van der Waals surface area contributed by atoms with Crippen LogP contribution in [0.4, 0.5) is 0 Å². The predicted octanol–water partition coefficient (Wildman–Crippen LogP) is 1.12. The van der Waals surface area contributed by atoms with Crippen molar-refractivity contribution in [2.24, 2.45) is 12.8 Å². The Hall–Kier alpha value is -1.57. The van der Waals surface area contributed by atoms with Gasteiger partial charge in [0.1, 0.15) is 5.82 Å². The lowest BCUT2D eigenvalue weighted by Gasteiger charge is -2.24. The van der Waals surface area contributed by atoms with Crippen LogP contribution >= 0.6 is 11.8 Å². The Balaban J connectivity index is 1.84. The number of nitrogens with zero attached hydrogens (tertiary/aromatic N) is 4. The molecule has 2 heterocycles. The highest BCUT2D eigenvalue weighted by Crippen LogP contribution is 2.18. The summed E-state index contributed by atoms with van der Waals surface area (Å²) in [5, 5.41) is 8.86. The van der Waals surface area contributed by atoms with Gasteiger partial charge in [0.25, 0.3) is 0 Å². The van der Waals surface area contributed by atoms with Crippen LogP contribution in [0.1, 0.15) is 44.3 Å². The number of amides is 2. The van der Waals surface area contributed by atoms with Gasteiger partial charge in [0.05, 0.1) is 5.75 Å². The van der Waals surface area contributed by atoms with Gasteiger partial charge in [0.2, 0.25) is 11.8 Å². The van der Waals surface area contributed by atoms with Crippen LogP contribution in [0.25, 0.3) is 0 Å². The van der Waals surface area contributed by atoms with Gasteiger partial charge in [-0.05, 0) is 12.8 Å². The van der Waals surface area contributed by atoms with Gasteiger partial charge in [0, 0.05) is 33.0 Å². The van der Waals surface area contributed by atoms with Crippen LogP contribution in [0, 0.1) is 0 Å². The van der Waals surface area contributed by atoms with Gasteiger partial charge in [-0.2, -0.15) is 0 Å². The summed E-state index contributed by atoms with van der Waals surface area (Å²) < 4.78 is 1.83. The molecule has 2 amide bonds. The minimum absolute atomic E-state index is 0.165. The van der Waals surface area contributed by atoms with E-state index < -0.39 is 0 Å². The van der Waals surface area contributed by atoms with E-state index in [9.17, 15) is 9.59 Å². The van der Waals surface area contributed by atoms with Crippen LogP contribution in [-0.4, -0.2) is 50.3 Å². The number of thioether (sulfide) groups is 1. The second kappa shape index (κ2) is 8.90. The SMILES string of the molecule is Cn1c(CCC(N)=O)nnc1SCC(=O)N1CCCCCCC1. The van der Waals surface area contributed by atoms with Crippen molar-refractivity contribution in [3.05, 3.63) is 5.82 Å². The highest BCUT2D eigenvalue weighted by molar-refractivity contribution is 7.99. The molecule has 0 aliphatic carbocycles. The molecule has 1 aromatic rings. The number of rotatable bonds is 6. The molecule has 1 aliphatic rings. The molecule has 1 aromatic heterocycles. The minimum atomic E-state index is -0.352. The molecule has 0 spiro atoms. The van der Waals surface area contributed by atoms with Gasteiger partial charge < -0.3 is 15.2 Å². The zero-order valence-electron chi connectivity index (χ0n) is 13.7. The smallest absolute Gasteiger partial charge is 0.233 e. The van der Waals surface area contributed by atoms with Crippen molar-refractivity contribution in [2.45, 2.75) is 50.1 Å². The molecular weight excluding hydrogens is 314 g/mol. The molecule has 1 fully saturated rings. The summed E-state index contributed by atoms with van der Waals surface area (Å²) in [7, 11) is 1.85.